The second-order valence-electron chi connectivity index (χ2n) is 7.11. The Balaban J connectivity index is 1.85. The van der Waals surface area contributed by atoms with Crippen LogP contribution < -0.4 is 4.74 Å². The highest BCUT2D eigenvalue weighted by molar-refractivity contribution is 7.89. The Morgan fingerprint density at radius 3 is 2.64 bits per heavy atom. The van der Waals surface area contributed by atoms with Crippen LogP contribution in [0.5, 0.6) is 5.88 Å². The summed E-state index contributed by atoms with van der Waals surface area (Å²) in [5.74, 6) is 0.134. The Morgan fingerprint density at radius 1 is 1.29 bits per heavy atom. The maximum atomic E-state index is 13.3. The van der Waals surface area contributed by atoms with E-state index in [1.807, 2.05) is 19.9 Å². The first kappa shape index (κ1) is 20.2. The minimum atomic E-state index is -3.71. The van der Waals surface area contributed by atoms with E-state index in [4.69, 9.17) is 10.00 Å². The number of nitriles is 1. The fourth-order valence-corrected chi connectivity index (χ4v) is 5.39. The van der Waals surface area contributed by atoms with Crippen LogP contribution in [0.25, 0.3) is 0 Å². The van der Waals surface area contributed by atoms with E-state index in [9.17, 15) is 8.42 Å². The zero-order valence-corrected chi connectivity index (χ0v) is 17.3. The molecule has 9 nitrogen and oxygen atoms in total. The molecule has 1 atom stereocenters. The zero-order valence-electron chi connectivity index (χ0n) is 16.5. The molecule has 0 saturated carbocycles. The molecule has 10 heteroatoms. The minimum Gasteiger partial charge on any atom is -0.471 e. The second kappa shape index (κ2) is 7.85. The van der Waals surface area contributed by atoms with Gasteiger partial charge in [0, 0.05) is 25.0 Å². The monoisotopic (exact) mass is 404 g/mol. The van der Waals surface area contributed by atoms with Crippen LogP contribution in [0.3, 0.4) is 0 Å². The molecule has 28 heavy (non-hydrogen) atoms. The third-order valence-corrected chi connectivity index (χ3v) is 6.85. The van der Waals surface area contributed by atoms with Crippen molar-refractivity contribution in [2.24, 2.45) is 0 Å². The van der Waals surface area contributed by atoms with Crippen molar-refractivity contribution in [1.29, 1.82) is 5.26 Å². The van der Waals surface area contributed by atoms with Gasteiger partial charge in [-0.25, -0.2) is 18.4 Å². The Kier molecular flexibility index (Phi) is 5.67. The van der Waals surface area contributed by atoms with Crippen LogP contribution in [0.4, 0.5) is 0 Å². The molecule has 0 aromatic carbocycles. The molecule has 3 rings (SSSR count). The number of aromatic nitrogens is 4. The third-order valence-electron chi connectivity index (χ3n) is 4.74. The van der Waals surface area contributed by atoms with Gasteiger partial charge in [0.1, 0.15) is 17.1 Å². The molecule has 1 aliphatic heterocycles. The summed E-state index contributed by atoms with van der Waals surface area (Å²) in [5, 5.41) is 13.5. The Hall–Kier alpha value is -2.51. The maximum Gasteiger partial charge on any atom is 0.251 e. The van der Waals surface area contributed by atoms with Gasteiger partial charge in [0.15, 0.2) is 0 Å². The third kappa shape index (κ3) is 3.72. The molecule has 0 amide bonds. The summed E-state index contributed by atoms with van der Waals surface area (Å²) in [6.45, 7) is 8.04. The molecular weight excluding hydrogens is 380 g/mol. The highest BCUT2D eigenvalue weighted by atomic mass is 32.2. The first-order chi connectivity index (χ1) is 13.3. The van der Waals surface area contributed by atoms with E-state index >= 15 is 0 Å². The van der Waals surface area contributed by atoms with Crippen LogP contribution in [0.15, 0.2) is 17.3 Å². The summed E-state index contributed by atoms with van der Waals surface area (Å²) >= 11 is 0. The maximum absolute atomic E-state index is 13.3. The summed E-state index contributed by atoms with van der Waals surface area (Å²) in [4.78, 5) is 8.24. The fraction of sp³-hybridized carbons (Fsp3) is 0.556. The molecule has 150 valence electrons. The van der Waals surface area contributed by atoms with Gasteiger partial charge in [-0.15, -0.1) is 0 Å². The van der Waals surface area contributed by atoms with Gasteiger partial charge >= 0.3 is 0 Å². The van der Waals surface area contributed by atoms with E-state index < -0.39 is 16.1 Å². The average molecular weight is 404 g/mol. The van der Waals surface area contributed by atoms with Crippen molar-refractivity contribution in [3.05, 3.63) is 29.5 Å². The van der Waals surface area contributed by atoms with Crippen LogP contribution in [0, 0.1) is 25.2 Å². The first-order valence-corrected chi connectivity index (χ1v) is 10.6. The number of hydrogen-bond donors (Lipinski definition) is 0. The minimum absolute atomic E-state index is 0.0705. The number of aryl methyl sites for hydroxylation is 1. The molecule has 0 spiro atoms. The van der Waals surface area contributed by atoms with E-state index in [0.29, 0.717) is 30.8 Å². The largest absolute Gasteiger partial charge is 0.471 e. The quantitative estimate of drug-likeness (QED) is 0.748. The molecular formula is C18H24N6O3S. The van der Waals surface area contributed by atoms with Crippen LogP contribution in [-0.4, -0.2) is 51.7 Å². The van der Waals surface area contributed by atoms with Crippen molar-refractivity contribution in [3.63, 3.8) is 0 Å². The summed E-state index contributed by atoms with van der Waals surface area (Å²) in [5.41, 5.74) is 1.22. The molecule has 1 saturated heterocycles. The predicted octanol–water partition coefficient (Wildman–Crippen LogP) is 1.97. The lowest BCUT2D eigenvalue weighted by Crippen LogP contribution is -2.44. The lowest BCUT2D eigenvalue weighted by molar-refractivity contribution is 0.124. The Morgan fingerprint density at radius 2 is 2.00 bits per heavy atom. The molecule has 0 radical (unpaired) electrons. The summed E-state index contributed by atoms with van der Waals surface area (Å²) < 4.78 is 35.6. The van der Waals surface area contributed by atoms with Gasteiger partial charge in [0.2, 0.25) is 15.7 Å². The predicted molar refractivity (Wildman–Crippen MR) is 101 cm³/mol. The van der Waals surface area contributed by atoms with E-state index in [0.717, 1.165) is 0 Å². The van der Waals surface area contributed by atoms with E-state index in [1.165, 1.54) is 16.7 Å². The number of rotatable bonds is 5. The number of sulfonamides is 1. The second-order valence-corrected chi connectivity index (χ2v) is 8.98. The average Bonchev–Trinajstić information content (AvgIpc) is 2.97. The van der Waals surface area contributed by atoms with Gasteiger partial charge < -0.3 is 4.74 Å². The lowest BCUT2D eigenvalue weighted by Gasteiger charge is -2.31. The number of hydrogen-bond acceptors (Lipinski definition) is 7. The van der Waals surface area contributed by atoms with Crippen molar-refractivity contribution >= 4 is 10.0 Å². The molecule has 0 bridgehead atoms. The first-order valence-electron chi connectivity index (χ1n) is 9.19. The Labute approximate surface area is 165 Å². The summed E-state index contributed by atoms with van der Waals surface area (Å²) in [6, 6.07) is 2.01. The SMILES string of the molecule is Cc1nn(C(C)C)c(C)c1S(=O)(=O)N1CCCC(Oc2nccnc2C#N)C1. The fourth-order valence-electron chi connectivity index (χ4n) is 3.52. The normalized spacial score (nSPS) is 18.2. The smallest absolute Gasteiger partial charge is 0.251 e. The van der Waals surface area contributed by atoms with Crippen molar-refractivity contribution in [3.8, 4) is 11.9 Å². The molecule has 2 aromatic rings. The number of piperidine rings is 1. The Bertz CT molecular complexity index is 1010. The number of nitrogens with zero attached hydrogens (tertiary/aromatic N) is 6. The van der Waals surface area contributed by atoms with Crippen LogP contribution >= 0.6 is 0 Å². The van der Waals surface area contributed by atoms with Crippen LogP contribution in [-0.2, 0) is 10.0 Å². The topological polar surface area (TPSA) is 114 Å². The van der Waals surface area contributed by atoms with Gasteiger partial charge in [-0.1, -0.05) is 0 Å². The molecule has 0 N–H and O–H groups in total. The van der Waals surface area contributed by atoms with Crippen molar-refractivity contribution in [2.45, 2.75) is 57.6 Å². The van der Waals surface area contributed by atoms with Crippen molar-refractivity contribution in [2.75, 3.05) is 13.1 Å². The van der Waals surface area contributed by atoms with Gasteiger partial charge in [0.25, 0.3) is 5.88 Å². The van der Waals surface area contributed by atoms with E-state index in [-0.39, 0.29) is 29.1 Å². The van der Waals surface area contributed by atoms with E-state index in [2.05, 4.69) is 15.1 Å². The van der Waals surface area contributed by atoms with Gasteiger partial charge in [0.05, 0.1) is 17.9 Å². The zero-order chi connectivity index (χ0) is 20.5. The summed E-state index contributed by atoms with van der Waals surface area (Å²) in [7, 11) is -3.71. The van der Waals surface area contributed by atoms with Crippen LogP contribution in [0.1, 0.15) is 49.8 Å². The lowest BCUT2D eigenvalue weighted by atomic mass is 10.1. The van der Waals surface area contributed by atoms with Gasteiger partial charge in [-0.3, -0.25) is 4.68 Å². The standard InChI is InChI=1S/C18H24N6O3S/c1-12(2)24-14(4)17(13(3)22-24)28(25,26)23-9-5-6-15(11-23)27-18-16(10-19)20-7-8-21-18/h7-8,12,15H,5-6,9,11H2,1-4H3. The molecule has 1 aliphatic rings. The van der Waals surface area contributed by atoms with Crippen molar-refractivity contribution in [1.82, 2.24) is 24.1 Å². The summed E-state index contributed by atoms with van der Waals surface area (Å²) in [6.07, 6.45) is 3.80. The van der Waals surface area contributed by atoms with Gasteiger partial charge in [-0.05, 0) is 40.5 Å². The molecule has 1 fully saturated rings. The highest BCUT2D eigenvalue weighted by Crippen LogP contribution is 2.28. The highest BCUT2D eigenvalue weighted by Gasteiger charge is 2.35. The van der Waals surface area contributed by atoms with E-state index in [1.54, 1.807) is 18.5 Å². The van der Waals surface area contributed by atoms with Crippen molar-refractivity contribution < 1.29 is 13.2 Å². The molecule has 1 unspecified atom stereocenters. The molecule has 3 heterocycles. The molecule has 2 aromatic heterocycles. The number of ether oxygens (including phenoxy) is 1. The van der Waals surface area contributed by atoms with Crippen LogP contribution in [0.2, 0.25) is 0 Å². The van der Waals surface area contributed by atoms with Gasteiger partial charge in [-0.2, -0.15) is 14.7 Å². The molecule has 0 aliphatic carbocycles.